The molecule has 176 valence electrons. The molecule has 2 N–H and O–H groups in total. The maximum Gasteiger partial charge on any atom is 0.339 e. The third-order valence-electron chi connectivity index (χ3n) is 5.71. The number of nitrogens with zero attached hydrogens (tertiary/aromatic N) is 3. The van der Waals surface area contributed by atoms with Crippen molar-refractivity contribution in [1.29, 1.82) is 0 Å². The molecule has 9 heteroatoms. The number of aromatic carboxylic acids is 1. The molecule has 1 amide bonds. The number of carbonyl (C=O) groups excluding carboxylic acids is 1. The van der Waals surface area contributed by atoms with Gasteiger partial charge in [0.1, 0.15) is 22.9 Å². The molecule has 0 atom stereocenters. The maximum absolute atomic E-state index is 12.6. The Morgan fingerprint density at radius 3 is 2.26 bits per heavy atom. The molecule has 0 aliphatic carbocycles. The van der Waals surface area contributed by atoms with Gasteiger partial charge in [0.25, 0.3) is 5.91 Å². The smallest absolute Gasteiger partial charge is 0.339 e. The first-order chi connectivity index (χ1) is 16.5. The zero-order chi connectivity index (χ0) is 24.1. The number of carboxylic acids is 1. The van der Waals surface area contributed by atoms with E-state index in [9.17, 15) is 14.7 Å². The summed E-state index contributed by atoms with van der Waals surface area (Å²) >= 11 is 0. The van der Waals surface area contributed by atoms with E-state index in [-0.39, 0.29) is 11.5 Å². The van der Waals surface area contributed by atoms with Crippen LogP contribution >= 0.6 is 0 Å². The van der Waals surface area contributed by atoms with Gasteiger partial charge in [-0.2, -0.15) is 0 Å². The van der Waals surface area contributed by atoms with Crippen LogP contribution in [-0.4, -0.2) is 62.4 Å². The molecule has 9 nitrogen and oxygen atoms in total. The summed E-state index contributed by atoms with van der Waals surface area (Å²) in [5, 5.41) is 12.5. The molecule has 0 spiro atoms. The summed E-state index contributed by atoms with van der Waals surface area (Å²) in [6.07, 6.45) is 1.48. The number of hydrogen-bond donors (Lipinski definition) is 2. The Balaban J connectivity index is 1.47. The first-order valence-electron chi connectivity index (χ1n) is 10.8. The van der Waals surface area contributed by atoms with Gasteiger partial charge in [0.15, 0.2) is 0 Å². The normalized spacial score (nSPS) is 13.4. The largest absolute Gasteiger partial charge is 0.497 e. The van der Waals surface area contributed by atoms with E-state index in [1.807, 2.05) is 29.2 Å². The number of para-hydroxylation sites is 2. The molecule has 1 fully saturated rings. The highest BCUT2D eigenvalue weighted by molar-refractivity contribution is 6.05. The van der Waals surface area contributed by atoms with Crippen molar-refractivity contribution in [3.05, 3.63) is 71.9 Å². The summed E-state index contributed by atoms with van der Waals surface area (Å²) in [7, 11) is 3.20. The van der Waals surface area contributed by atoms with Crippen LogP contribution in [-0.2, 0) is 0 Å². The summed E-state index contributed by atoms with van der Waals surface area (Å²) in [4.78, 5) is 33.1. The van der Waals surface area contributed by atoms with Crippen molar-refractivity contribution in [3.63, 3.8) is 0 Å². The van der Waals surface area contributed by atoms with Gasteiger partial charge in [0, 0.05) is 31.7 Å². The zero-order valence-corrected chi connectivity index (χ0v) is 19.0. The van der Waals surface area contributed by atoms with Crippen LogP contribution in [0.5, 0.6) is 11.5 Å². The predicted molar refractivity (Wildman–Crippen MR) is 130 cm³/mol. The molecule has 1 saturated heterocycles. The molecule has 4 rings (SSSR count). The van der Waals surface area contributed by atoms with Crippen molar-refractivity contribution in [2.45, 2.75) is 0 Å². The lowest BCUT2D eigenvalue weighted by Crippen LogP contribution is -2.47. The monoisotopic (exact) mass is 462 g/mol. The van der Waals surface area contributed by atoms with Gasteiger partial charge in [-0.25, -0.2) is 9.78 Å². The van der Waals surface area contributed by atoms with E-state index < -0.39 is 5.97 Å². The zero-order valence-electron chi connectivity index (χ0n) is 19.0. The summed E-state index contributed by atoms with van der Waals surface area (Å²) in [5.41, 5.74) is 1.79. The number of aromatic nitrogens is 1. The van der Waals surface area contributed by atoms with Crippen molar-refractivity contribution in [2.75, 3.05) is 55.5 Å². The number of methoxy groups -OCH3 is 2. The van der Waals surface area contributed by atoms with Crippen LogP contribution in [0.3, 0.4) is 0 Å². The van der Waals surface area contributed by atoms with Crippen molar-refractivity contribution in [1.82, 2.24) is 4.98 Å². The summed E-state index contributed by atoms with van der Waals surface area (Å²) < 4.78 is 10.6. The first kappa shape index (κ1) is 22.9. The Kier molecular flexibility index (Phi) is 6.82. The van der Waals surface area contributed by atoms with Crippen LogP contribution in [0.4, 0.5) is 17.2 Å². The number of rotatable bonds is 7. The number of amides is 1. The third kappa shape index (κ3) is 4.88. The van der Waals surface area contributed by atoms with Crippen LogP contribution < -0.4 is 24.6 Å². The van der Waals surface area contributed by atoms with E-state index in [1.54, 1.807) is 38.5 Å². The number of piperazine rings is 1. The van der Waals surface area contributed by atoms with Crippen molar-refractivity contribution < 1.29 is 24.2 Å². The van der Waals surface area contributed by atoms with Gasteiger partial charge >= 0.3 is 5.97 Å². The number of benzene rings is 2. The number of carbonyl (C=O) groups is 2. The van der Waals surface area contributed by atoms with E-state index in [0.29, 0.717) is 49.0 Å². The van der Waals surface area contributed by atoms with Gasteiger partial charge in [-0.1, -0.05) is 12.1 Å². The van der Waals surface area contributed by atoms with Crippen LogP contribution in [0, 0.1) is 0 Å². The fourth-order valence-corrected chi connectivity index (χ4v) is 3.93. The summed E-state index contributed by atoms with van der Waals surface area (Å²) in [5.74, 6) is 0.364. The fourth-order valence-electron chi connectivity index (χ4n) is 3.93. The van der Waals surface area contributed by atoms with Gasteiger partial charge in [0.05, 0.1) is 31.8 Å². The Morgan fingerprint density at radius 2 is 1.62 bits per heavy atom. The molecule has 2 heterocycles. The van der Waals surface area contributed by atoms with Crippen LogP contribution in [0.15, 0.2) is 60.8 Å². The molecular formula is C25H26N4O5. The highest BCUT2D eigenvalue weighted by atomic mass is 16.5. The quantitative estimate of drug-likeness (QED) is 0.551. The van der Waals surface area contributed by atoms with Gasteiger partial charge in [-0.15, -0.1) is 0 Å². The average Bonchev–Trinajstić information content (AvgIpc) is 2.88. The lowest BCUT2D eigenvalue weighted by atomic mass is 10.1. The van der Waals surface area contributed by atoms with Crippen molar-refractivity contribution in [3.8, 4) is 11.5 Å². The minimum Gasteiger partial charge on any atom is -0.497 e. The second-order valence-corrected chi connectivity index (χ2v) is 7.73. The molecule has 0 bridgehead atoms. The number of ether oxygens (including phenoxy) is 2. The number of nitrogens with one attached hydrogen (secondary N) is 1. The van der Waals surface area contributed by atoms with Crippen molar-refractivity contribution >= 4 is 29.1 Å². The van der Waals surface area contributed by atoms with Crippen LogP contribution in [0.25, 0.3) is 0 Å². The maximum atomic E-state index is 12.6. The molecule has 0 radical (unpaired) electrons. The third-order valence-corrected chi connectivity index (χ3v) is 5.71. The van der Waals surface area contributed by atoms with E-state index in [0.717, 1.165) is 11.4 Å². The highest BCUT2D eigenvalue weighted by Gasteiger charge is 2.24. The Labute approximate surface area is 197 Å². The SMILES string of the molecule is COc1ccc(C(=O)Nc2cnc(N3CCN(c4ccccc4OC)CC3)c(C(=O)O)c2)cc1. The molecule has 0 unspecified atom stereocenters. The van der Waals surface area contributed by atoms with Gasteiger partial charge in [-0.3, -0.25) is 4.79 Å². The minimum absolute atomic E-state index is 0.0401. The standard InChI is InChI=1S/C25H26N4O5/c1-33-19-9-7-17(8-10-19)24(30)27-18-15-20(25(31)32)23(26-16-18)29-13-11-28(12-14-29)21-5-3-4-6-22(21)34-2/h3-10,15-16H,11-14H2,1-2H3,(H,27,30)(H,31,32). The average molecular weight is 463 g/mol. The Morgan fingerprint density at radius 1 is 0.941 bits per heavy atom. The van der Waals surface area contributed by atoms with Crippen LogP contribution in [0.1, 0.15) is 20.7 Å². The minimum atomic E-state index is -1.10. The van der Waals surface area contributed by atoms with Gasteiger partial charge in [0.2, 0.25) is 0 Å². The number of hydrogen-bond acceptors (Lipinski definition) is 7. The number of carboxylic acid groups (broad SMARTS) is 1. The molecule has 34 heavy (non-hydrogen) atoms. The molecule has 2 aromatic carbocycles. The summed E-state index contributed by atoms with van der Waals surface area (Å²) in [6, 6.07) is 15.9. The van der Waals surface area contributed by atoms with Crippen LogP contribution in [0.2, 0.25) is 0 Å². The summed E-state index contributed by atoms with van der Waals surface area (Å²) in [6.45, 7) is 2.58. The fraction of sp³-hybridized carbons (Fsp3) is 0.240. The molecule has 1 aromatic heterocycles. The topological polar surface area (TPSA) is 104 Å². The first-order valence-corrected chi connectivity index (χ1v) is 10.8. The molecule has 1 aliphatic rings. The molecule has 0 saturated carbocycles. The molecular weight excluding hydrogens is 436 g/mol. The second kappa shape index (κ2) is 10.1. The van der Waals surface area contributed by atoms with E-state index in [1.165, 1.54) is 12.3 Å². The lowest BCUT2D eigenvalue weighted by Gasteiger charge is -2.37. The van der Waals surface area contributed by atoms with E-state index in [4.69, 9.17) is 9.47 Å². The molecule has 1 aliphatic heterocycles. The van der Waals surface area contributed by atoms with Gasteiger partial charge < -0.3 is 29.7 Å². The van der Waals surface area contributed by atoms with Crippen molar-refractivity contribution in [2.24, 2.45) is 0 Å². The molecule has 3 aromatic rings. The van der Waals surface area contributed by atoms with Gasteiger partial charge in [-0.05, 0) is 42.5 Å². The highest BCUT2D eigenvalue weighted by Crippen LogP contribution is 2.30. The number of anilines is 3. The Hall–Kier alpha value is -4.27. The number of pyridine rings is 1. The lowest BCUT2D eigenvalue weighted by molar-refractivity contribution is 0.0696. The van der Waals surface area contributed by atoms with E-state index in [2.05, 4.69) is 15.2 Å². The predicted octanol–water partition coefficient (Wildman–Crippen LogP) is 3.38. The Bertz CT molecular complexity index is 1170. The van der Waals surface area contributed by atoms with E-state index >= 15 is 0 Å². The second-order valence-electron chi connectivity index (χ2n) is 7.73.